The zero-order chi connectivity index (χ0) is 18.0. The Bertz CT molecular complexity index is 821. The Labute approximate surface area is 144 Å². The average Bonchev–Trinajstić information content (AvgIpc) is 2.61. The normalized spacial score (nSPS) is 17.4. The van der Waals surface area contributed by atoms with Crippen molar-refractivity contribution < 1.29 is 23.8 Å². The number of hydrogen-bond acceptors (Lipinski definition) is 3. The summed E-state index contributed by atoms with van der Waals surface area (Å²) in [6.45, 7) is 1.93. The van der Waals surface area contributed by atoms with Gasteiger partial charge in [-0.3, -0.25) is 4.79 Å². The summed E-state index contributed by atoms with van der Waals surface area (Å²) in [6, 6.07) is 10.1. The Morgan fingerprint density at radius 2 is 2.04 bits per heavy atom. The summed E-state index contributed by atoms with van der Waals surface area (Å²) in [5.41, 5.74) is 2.38. The summed E-state index contributed by atoms with van der Waals surface area (Å²) in [4.78, 5) is 24.2. The molecule has 25 heavy (non-hydrogen) atoms. The van der Waals surface area contributed by atoms with Crippen molar-refractivity contribution in [1.29, 1.82) is 0 Å². The third kappa shape index (κ3) is 3.53. The third-order valence-corrected chi connectivity index (χ3v) is 4.28. The molecule has 1 aliphatic heterocycles. The molecular formula is C19H18FNO4. The number of aliphatic carboxylic acids is 1. The molecule has 2 N–H and O–H groups in total. The average molecular weight is 343 g/mol. The monoisotopic (exact) mass is 343 g/mol. The van der Waals surface area contributed by atoms with E-state index in [1.54, 1.807) is 13.0 Å². The minimum Gasteiger partial charge on any atom is -0.479 e. The van der Waals surface area contributed by atoms with Crippen LogP contribution in [-0.4, -0.2) is 23.6 Å². The molecule has 0 aliphatic carbocycles. The highest BCUT2D eigenvalue weighted by Gasteiger charge is 2.31. The van der Waals surface area contributed by atoms with Crippen molar-refractivity contribution >= 4 is 11.9 Å². The molecule has 2 atom stereocenters. The summed E-state index contributed by atoms with van der Waals surface area (Å²) in [7, 11) is 0. The van der Waals surface area contributed by atoms with E-state index in [0.717, 1.165) is 11.1 Å². The van der Waals surface area contributed by atoms with Crippen molar-refractivity contribution in [3.63, 3.8) is 0 Å². The molecule has 0 bridgehead atoms. The fourth-order valence-electron chi connectivity index (χ4n) is 2.96. The quantitative estimate of drug-likeness (QED) is 0.895. The van der Waals surface area contributed by atoms with E-state index in [1.165, 1.54) is 18.2 Å². The molecule has 1 heterocycles. The van der Waals surface area contributed by atoms with Crippen molar-refractivity contribution in [2.45, 2.75) is 25.5 Å². The predicted octanol–water partition coefficient (Wildman–Crippen LogP) is 2.69. The van der Waals surface area contributed by atoms with Gasteiger partial charge in [-0.05, 0) is 41.7 Å². The SMILES string of the molecule is Cc1cc(C(NC(=O)C2OCCc3ccccc32)C(=O)O)ccc1F. The second kappa shape index (κ2) is 7.03. The van der Waals surface area contributed by atoms with E-state index < -0.39 is 29.8 Å². The number of fused-ring (bicyclic) bond motifs is 1. The fraction of sp³-hybridized carbons (Fsp3) is 0.263. The van der Waals surface area contributed by atoms with Crippen molar-refractivity contribution in [3.05, 3.63) is 70.5 Å². The number of halogens is 1. The van der Waals surface area contributed by atoms with E-state index in [2.05, 4.69) is 5.32 Å². The first-order valence-corrected chi connectivity index (χ1v) is 7.96. The Morgan fingerprint density at radius 1 is 1.28 bits per heavy atom. The van der Waals surface area contributed by atoms with Gasteiger partial charge in [-0.15, -0.1) is 0 Å². The van der Waals surface area contributed by atoms with Crippen LogP contribution >= 0.6 is 0 Å². The third-order valence-electron chi connectivity index (χ3n) is 4.28. The molecule has 2 unspecified atom stereocenters. The van der Waals surface area contributed by atoms with E-state index >= 15 is 0 Å². The van der Waals surface area contributed by atoms with Crippen LogP contribution in [0.4, 0.5) is 4.39 Å². The van der Waals surface area contributed by atoms with E-state index in [9.17, 15) is 19.1 Å². The van der Waals surface area contributed by atoms with E-state index in [1.807, 2.05) is 18.2 Å². The van der Waals surface area contributed by atoms with Gasteiger partial charge in [0, 0.05) is 0 Å². The number of carboxylic acid groups (broad SMARTS) is 1. The van der Waals surface area contributed by atoms with E-state index in [-0.39, 0.29) is 0 Å². The number of benzene rings is 2. The zero-order valence-corrected chi connectivity index (χ0v) is 13.7. The van der Waals surface area contributed by atoms with Gasteiger partial charge in [0.25, 0.3) is 5.91 Å². The summed E-state index contributed by atoms with van der Waals surface area (Å²) in [5.74, 6) is -2.17. The van der Waals surface area contributed by atoms with Crippen LogP contribution in [-0.2, 0) is 20.7 Å². The maximum Gasteiger partial charge on any atom is 0.330 e. The highest BCUT2D eigenvalue weighted by atomic mass is 19.1. The summed E-state index contributed by atoms with van der Waals surface area (Å²) < 4.78 is 19.0. The lowest BCUT2D eigenvalue weighted by Crippen LogP contribution is -2.39. The van der Waals surface area contributed by atoms with Crippen molar-refractivity contribution in [3.8, 4) is 0 Å². The van der Waals surface area contributed by atoms with Crippen molar-refractivity contribution in [2.24, 2.45) is 0 Å². The highest BCUT2D eigenvalue weighted by Crippen LogP contribution is 2.28. The molecule has 130 valence electrons. The number of nitrogens with one attached hydrogen (secondary N) is 1. The Kier molecular flexibility index (Phi) is 4.81. The summed E-state index contributed by atoms with van der Waals surface area (Å²) in [5, 5.41) is 12.0. The van der Waals surface area contributed by atoms with E-state index in [4.69, 9.17) is 4.74 Å². The summed E-state index contributed by atoms with van der Waals surface area (Å²) >= 11 is 0. The molecule has 0 spiro atoms. The van der Waals surface area contributed by atoms with Crippen LogP contribution in [0.2, 0.25) is 0 Å². The van der Waals surface area contributed by atoms with Crippen LogP contribution in [0.5, 0.6) is 0 Å². The zero-order valence-electron chi connectivity index (χ0n) is 13.7. The van der Waals surface area contributed by atoms with Gasteiger partial charge in [0.2, 0.25) is 0 Å². The molecule has 1 amide bonds. The van der Waals surface area contributed by atoms with Crippen LogP contribution in [0, 0.1) is 12.7 Å². The number of amides is 1. The Morgan fingerprint density at radius 3 is 2.76 bits per heavy atom. The topological polar surface area (TPSA) is 75.6 Å². The number of carboxylic acids is 1. The molecule has 0 aromatic heterocycles. The molecule has 0 radical (unpaired) electrons. The first-order chi connectivity index (χ1) is 12.0. The summed E-state index contributed by atoms with van der Waals surface area (Å²) in [6.07, 6.45) is -0.146. The number of rotatable bonds is 4. The van der Waals surface area contributed by atoms with Crippen molar-refractivity contribution in [1.82, 2.24) is 5.32 Å². The number of carbonyl (C=O) groups is 2. The smallest absolute Gasteiger partial charge is 0.330 e. The van der Waals surface area contributed by atoms with Crippen molar-refractivity contribution in [2.75, 3.05) is 6.61 Å². The van der Waals surface area contributed by atoms with Gasteiger partial charge in [-0.25, -0.2) is 9.18 Å². The molecule has 6 heteroatoms. The van der Waals surface area contributed by atoms with Gasteiger partial charge < -0.3 is 15.2 Å². The molecule has 2 aromatic carbocycles. The number of carbonyl (C=O) groups excluding carboxylic acids is 1. The molecular weight excluding hydrogens is 325 g/mol. The molecule has 2 aromatic rings. The standard InChI is InChI=1S/C19H18FNO4/c1-11-10-13(6-7-15(11)20)16(19(23)24)21-18(22)17-14-5-3-2-4-12(14)8-9-25-17/h2-7,10,16-17H,8-9H2,1H3,(H,21,22)(H,23,24). The second-order valence-electron chi connectivity index (χ2n) is 5.99. The van der Waals surface area contributed by atoms with Gasteiger partial charge in [0.1, 0.15) is 5.82 Å². The number of hydrogen-bond donors (Lipinski definition) is 2. The lowest BCUT2D eigenvalue weighted by Gasteiger charge is -2.26. The molecule has 0 fully saturated rings. The first-order valence-electron chi connectivity index (χ1n) is 7.96. The minimum absolute atomic E-state index is 0.309. The Balaban J connectivity index is 1.85. The number of ether oxygens (including phenoxy) is 1. The minimum atomic E-state index is -1.27. The highest BCUT2D eigenvalue weighted by molar-refractivity contribution is 5.88. The second-order valence-corrected chi connectivity index (χ2v) is 5.99. The Hall–Kier alpha value is -2.73. The number of aryl methyl sites for hydroxylation is 1. The molecule has 0 saturated heterocycles. The fourth-order valence-corrected chi connectivity index (χ4v) is 2.96. The largest absolute Gasteiger partial charge is 0.479 e. The van der Waals surface area contributed by atoms with Crippen LogP contribution < -0.4 is 5.32 Å². The van der Waals surface area contributed by atoms with E-state index in [0.29, 0.717) is 24.2 Å². The van der Waals surface area contributed by atoms with Crippen LogP contribution in [0.1, 0.15) is 34.4 Å². The van der Waals surface area contributed by atoms with Gasteiger partial charge in [0.05, 0.1) is 6.61 Å². The lowest BCUT2D eigenvalue weighted by atomic mass is 9.96. The van der Waals surface area contributed by atoms with Crippen LogP contribution in [0.3, 0.4) is 0 Å². The lowest BCUT2D eigenvalue weighted by molar-refractivity contribution is -0.145. The van der Waals surface area contributed by atoms with Gasteiger partial charge in [0.15, 0.2) is 12.1 Å². The predicted molar refractivity (Wildman–Crippen MR) is 88.5 cm³/mol. The first kappa shape index (κ1) is 17.1. The molecule has 1 aliphatic rings. The maximum absolute atomic E-state index is 13.4. The van der Waals surface area contributed by atoms with Crippen LogP contribution in [0.25, 0.3) is 0 Å². The van der Waals surface area contributed by atoms with Gasteiger partial charge >= 0.3 is 5.97 Å². The molecule has 5 nitrogen and oxygen atoms in total. The van der Waals surface area contributed by atoms with Gasteiger partial charge in [-0.1, -0.05) is 36.4 Å². The molecule has 3 rings (SSSR count). The maximum atomic E-state index is 13.4. The van der Waals surface area contributed by atoms with Gasteiger partial charge in [-0.2, -0.15) is 0 Å². The molecule has 0 saturated carbocycles. The van der Waals surface area contributed by atoms with Crippen LogP contribution in [0.15, 0.2) is 42.5 Å².